The zero-order valence-electron chi connectivity index (χ0n) is 12.7. The molecule has 0 saturated heterocycles. The van der Waals surface area contributed by atoms with Gasteiger partial charge in [-0.15, -0.1) is 24.8 Å². The Morgan fingerprint density at radius 1 is 1.39 bits per heavy atom. The van der Waals surface area contributed by atoms with Crippen LogP contribution in [0, 0.1) is 18.7 Å². The normalized spacial score (nSPS) is 14.6. The van der Waals surface area contributed by atoms with Crippen LogP contribution in [-0.2, 0) is 0 Å². The molecule has 3 rings (SSSR count). The van der Waals surface area contributed by atoms with Crippen LogP contribution in [0.25, 0.3) is 10.9 Å². The van der Waals surface area contributed by atoms with Gasteiger partial charge in [0, 0.05) is 24.0 Å². The standard InChI is InChI=1S/C16H18FN3O.2ClH/c1-9-13(16(21)19-8-14(18)10-2-3-10)6-11-4-5-12(17)7-15(11)20-9;;/h4-7,10,14H,2-3,8,18H2,1H3,(H,19,21);2*1H. The van der Waals surface area contributed by atoms with E-state index >= 15 is 0 Å². The van der Waals surface area contributed by atoms with Crippen LogP contribution in [0.15, 0.2) is 24.3 Å². The van der Waals surface area contributed by atoms with Gasteiger partial charge in [0.05, 0.1) is 16.8 Å². The second-order valence-corrected chi connectivity index (χ2v) is 5.67. The molecule has 0 bridgehead atoms. The van der Waals surface area contributed by atoms with Crippen LogP contribution in [-0.4, -0.2) is 23.5 Å². The number of halogens is 3. The van der Waals surface area contributed by atoms with E-state index in [9.17, 15) is 9.18 Å². The summed E-state index contributed by atoms with van der Waals surface area (Å²) in [6.07, 6.45) is 2.30. The van der Waals surface area contributed by atoms with Gasteiger partial charge < -0.3 is 11.1 Å². The summed E-state index contributed by atoms with van der Waals surface area (Å²) < 4.78 is 13.2. The molecule has 1 atom stereocenters. The number of aromatic nitrogens is 1. The van der Waals surface area contributed by atoms with Gasteiger partial charge in [-0.3, -0.25) is 9.78 Å². The molecule has 1 aliphatic rings. The Morgan fingerprint density at radius 2 is 2.09 bits per heavy atom. The Hall–Kier alpha value is -1.43. The smallest absolute Gasteiger partial charge is 0.253 e. The van der Waals surface area contributed by atoms with Crippen molar-refractivity contribution in [1.29, 1.82) is 0 Å². The molecular weight excluding hydrogens is 340 g/mol. The quantitative estimate of drug-likeness (QED) is 0.881. The first-order valence-electron chi connectivity index (χ1n) is 7.15. The van der Waals surface area contributed by atoms with E-state index in [0.717, 1.165) is 18.2 Å². The molecule has 1 amide bonds. The number of amides is 1. The van der Waals surface area contributed by atoms with Crippen molar-refractivity contribution in [2.45, 2.75) is 25.8 Å². The molecule has 2 aromatic rings. The number of nitrogens with two attached hydrogens (primary N) is 1. The van der Waals surface area contributed by atoms with Gasteiger partial charge in [-0.2, -0.15) is 0 Å². The maximum atomic E-state index is 13.2. The van der Waals surface area contributed by atoms with Crippen LogP contribution in [0.4, 0.5) is 4.39 Å². The summed E-state index contributed by atoms with van der Waals surface area (Å²) in [5.41, 5.74) is 7.63. The Morgan fingerprint density at radius 3 is 2.74 bits per heavy atom. The Bertz CT molecular complexity index is 707. The van der Waals surface area contributed by atoms with Crippen molar-refractivity contribution < 1.29 is 9.18 Å². The van der Waals surface area contributed by atoms with E-state index < -0.39 is 0 Å². The van der Waals surface area contributed by atoms with Gasteiger partial charge in [0.15, 0.2) is 0 Å². The van der Waals surface area contributed by atoms with E-state index in [1.807, 2.05) is 0 Å². The van der Waals surface area contributed by atoms with Gasteiger partial charge in [-0.25, -0.2) is 4.39 Å². The Kier molecular flexibility index (Phi) is 6.74. The first-order valence-corrected chi connectivity index (χ1v) is 7.15. The average molecular weight is 360 g/mol. The lowest BCUT2D eigenvalue weighted by Crippen LogP contribution is -2.38. The van der Waals surface area contributed by atoms with Crippen LogP contribution >= 0.6 is 24.8 Å². The van der Waals surface area contributed by atoms with Crippen molar-refractivity contribution in [3.05, 3.63) is 41.3 Å². The number of rotatable bonds is 4. The number of nitrogens with zero attached hydrogens (tertiary/aromatic N) is 1. The van der Waals surface area contributed by atoms with Gasteiger partial charge in [0.2, 0.25) is 0 Å². The molecule has 1 fully saturated rings. The summed E-state index contributed by atoms with van der Waals surface area (Å²) in [6, 6.07) is 6.13. The molecule has 1 saturated carbocycles. The van der Waals surface area contributed by atoms with E-state index in [0.29, 0.717) is 29.2 Å². The molecule has 4 nitrogen and oxygen atoms in total. The largest absolute Gasteiger partial charge is 0.350 e. The molecule has 126 valence electrons. The van der Waals surface area contributed by atoms with Crippen LogP contribution in [0.3, 0.4) is 0 Å². The topological polar surface area (TPSA) is 68.0 Å². The van der Waals surface area contributed by atoms with E-state index in [4.69, 9.17) is 5.73 Å². The van der Waals surface area contributed by atoms with Gasteiger partial charge >= 0.3 is 0 Å². The molecule has 1 aliphatic carbocycles. The first kappa shape index (κ1) is 19.6. The van der Waals surface area contributed by atoms with Crippen molar-refractivity contribution in [2.24, 2.45) is 11.7 Å². The number of pyridine rings is 1. The number of fused-ring (bicyclic) bond motifs is 1. The number of aryl methyl sites for hydroxylation is 1. The molecule has 3 N–H and O–H groups in total. The predicted molar refractivity (Wildman–Crippen MR) is 94.0 cm³/mol. The molecule has 7 heteroatoms. The molecule has 1 aromatic heterocycles. The van der Waals surface area contributed by atoms with E-state index in [1.165, 1.54) is 12.1 Å². The molecule has 1 unspecified atom stereocenters. The van der Waals surface area contributed by atoms with Crippen LogP contribution in [0.2, 0.25) is 0 Å². The minimum atomic E-state index is -0.331. The lowest BCUT2D eigenvalue weighted by atomic mass is 10.1. The molecular formula is C16H20Cl2FN3O. The fraction of sp³-hybridized carbons (Fsp3) is 0.375. The minimum absolute atomic E-state index is 0. The number of nitrogens with one attached hydrogen (secondary N) is 1. The summed E-state index contributed by atoms with van der Waals surface area (Å²) >= 11 is 0. The molecule has 0 spiro atoms. The number of hydrogen-bond donors (Lipinski definition) is 2. The predicted octanol–water partition coefficient (Wildman–Crippen LogP) is 2.99. The van der Waals surface area contributed by atoms with Crippen molar-refractivity contribution >= 4 is 41.6 Å². The Labute approximate surface area is 146 Å². The molecule has 0 radical (unpaired) electrons. The Balaban J connectivity index is 0.00000132. The highest BCUT2D eigenvalue weighted by molar-refractivity contribution is 5.98. The zero-order chi connectivity index (χ0) is 15.0. The zero-order valence-corrected chi connectivity index (χ0v) is 14.3. The summed E-state index contributed by atoms with van der Waals surface area (Å²) in [6.45, 7) is 2.23. The van der Waals surface area contributed by atoms with Crippen LogP contribution in [0.5, 0.6) is 0 Å². The fourth-order valence-electron chi connectivity index (χ4n) is 2.46. The molecule has 1 heterocycles. The monoisotopic (exact) mass is 359 g/mol. The van der Waals surface area contributed by atoms with Gasteiger partial charge in [0.25, 0.3) is 5.91 Å². The van der Waals surface area contributed by atoms with Gasteiger partial charge in [-0.05, 0) is 43.9 Å². The lowest BCUT2D eigenvalue weighted by molar-refractivity contribution is 0.0949. The summed E-state index contributed by atoms with van der Waals surface area (Å²) in [4.78, 5) is 16.5. The second-order valence-electron chi connectivity index (χ2n) is 5.67. The highest BCUT2D eigenvalue weighted by atomic mass is 35.5. The number of carbonyl (C=O) groups excluding carboxylic acids is 1. The fourth-order valence-corrected chi connectivity index (χ4v) is 2.46. The minimum Gasteiger partial charge on any atom is -0.350 e. The van der Waals surface area contributed by atoms with Gasteiger partial charge in [0.1, 0.15) is 5.82 Å². The molecule has 1 aromatic carbocycles. The number of benzene rings is 1. The van der Waals surface area contributed by atoms with E-state index in [2.05, 4.69) is 10.3 Å². The van der Waals surface area contributed by atoms with Crippen LogP contribution < -0.4 is 11.1 Å². The summed E-state index contributed by atoms with van der Waals surface area (Å²) in [5.74, 6) is 0.0356. The third-order valence-electron chi connectivity index (χ3n) is 3.94. The van der Waals surface area contributed by atoms with E-state index in [-0.39, 0.29) is 42.6 Å². The molecule has 23 heavy (non-hydrogen) atoms. The highest BCUT2D eigenvalue weighted by Gasteiger charge is 2.28. The van der Waals surface area contributed by atoms with Crippen molar-refractivity contribution in [3.8, 4) is 0 Å². The number of hydrogen-bond acceptors (Lipinski definition) is 3. The van der Waals surface area contributed by atoms with Crippen molar-refractivity contribution in [3.63, 3.8) is 0 Å². The van der Waals surface area contributed by atoms with Crippen molar-refractivity contribution in [2.75, 3.05) is 6.54 Å². The second kappa shape index (κ2) is 7.90. The van der Waals surface area contributed by atoms with E-state index in [1.54, 1.807) is 19.1 Å². The number of carbonyl (C=O) groups is 1. The third-order valence-corrected chi connectivity index (χ3v) is 3.94. The summed E-state index contributed by atoms with van der Waals surface area (Å²) in [7, 11) is 0. The SMILES string of the molecule is Cc1nc2cc(F)ccc2cc1C(=O)NCC(N)C1CC1.Cl.Cl. The summed E-state index contributed by atoms with van der Waals surface area (Å²) in [5, 5.41) is 3.61. The maximum Gasteiger partial charge on any atom is 0.253 e. The molecule has 0 aliphatic heterocycles. The highest BCUT2D eigenvalue weighted by Crippen LogP contribution is 2.31. The lowest BCUT2D eigenvalue weighted by Gasteiger charge is -2.13. The third kappa shape index (κ3) is 4.53. The average Bonchev–Trinajstić information content (AvgIpc) is 3.28. The maximum absolute atomic E-state index is 13.2. The van der Waals surface area contributed by atoms with Crippen molar-refractivity contribution in [1.82, 2.24) is 10.3 Å². The van der Waals surface area contributed by atoms with Crippen LogP contribution in [0.1, 0.15) is 28.9 Å². The first-order chi connectivity index (χ1) is 10.0. The van der Waals surface area contributed by atoms with Gasteiger partial charge in [-0.1, -0.05) is 0 Å².